The lowest BCUT2D eigenvalue weighted by molar-refractivity contribution is -0.329. The van der Waals surface area contributed by atoms with Crippen LogP contribution in [-0.2, 0) is 15.9 Å². The van der Waals surface area contributed by atoms with E-state index in [1.165, 1.54) is 6.07 Å². The van der Waals surface area contributed by atoms with Crippen LogP contribution >= 0.6 is 0 Å². The van der Waals surface area contributed by atoms with Crippen molar-refractivity contribution in [2.45, 2.75) is 62.7 Å². The van der Waals surface area contributed by atoms with E-state index < -0.39 is 54.6 Å². The minimum absolute atomic E-state index is 0.393. The number of fused-ring (bicyclic) bond motifs is 3. The van der Waals surface area contributed by atoms with Gasteiger partial charge in [-0.25, -0.2) is 4.79 Å². The van der Waals surface area contributed by atoms with E-state index in [0.29, 0.717) is 17.8 Å². The first-order valence-corrected chi connectivity index (χ1v) is 9.42. The fourth-order valence-electron chi connectivity index (χ4n) is 3.78. The number of hydrogen-bond acceptors (Lipinski definition) is 9. The second-order valence-electron chi connectivity index (χ2n) is 7.94. The van der Waals surface area contributed by atoms with Crippen molar-refractivity contribution in [3.8, 4) is 5.75 Å². The van der Waals surface area contributed by atoms with Crippen LogP contribution in [-0.4, -0.2) is 69.4 Å². The molecule has 4 N–H and O–H groups in total. The molecular weight excluding hydrogens is 384 g/mol. The maximum absolute atomic E-state index is 11.6. The van der Waals surface area contributed by atoms with Gasteiger partial charge in [-0.1, -0.05) is 0 Å². The second-order valence-corrected chi connectivity index (χ2v) is 7.94. The Hall–Kier alpha value is -2.01. The van der Waals surface area contributed by atoms with Crippen LogP contribution in [0.2, 0.25) is 0 Å². The molecule has 0 radical (unpaired) electrons. The predicted octanol–water partition coefficient (Wildman–Crippen LogP) is -0.308. The molecule has 9 nitrogen and oxygen atoms in total. The molecule has 9 heteroatoms. The molecule has 0 spiro atoms. The van der Waals surface area contributed by atoms with Crippen molar-refractivity contribution in [2.75, 3.05) is 6.61 Å². The quantitative estimate of drug-likeness (QED) is 0.502. The van der Waals surface area contributed by atoms with Crippen molar-refractivity contribution >= 4 is 11.0 Å². The molecule has 0 aliphatic carbocycles. The van der Waals surface area contributed by atoms with Crippen molar-refractivity contribution in [2.24, 2.45) is 0 Å². The van der Waals surface area contributed by atoms with Gasteiger partial charge in [-0.3, -0.25) is 0 Å². The van der Waals surface area contributed by atoms with Crippen molar-refractivity contribution < 1.29 is 39.1 Å². The van der Waals surface area contributed by atoms with Crippen LogP contribution in [0.4, 0.5) is 0 Å². The van der Waals surface area contributed by atoms with Crippen molar-refractivity contribution in [1.82, 2.24) is 0 Å². The van der Waals surface area contributed by atoms with Gasteiger partial charge >= 0.3 is 5.63 Å². The standard InChI is InChI=1S/C20H24O9/c1-20(2,29-19-17(25)16(24)15(23)12(8-21)27-19)13-7-10-11(26-13)5-3-9-4-6-14(22)28-18(9)10/h3-6,12-13,15-17,19,21,23-25H,7-8H2,1-2H3/t12-,13+,15-,16+,17-,19-/m1/s1. The maximum atomic E-state index is 11.6. The summed E-state index contributed by atoms with van der Waals surface area (Å²) in [7, 11) is 0. The number of benzene rings is 1. The summed E-state index contributed by atoms with van der Waals surface area (Å²) < 4.78 is 22.7. The maximum Gasteiger partial charge on any atom is 0.336 e. The highest BCUT2D eigenvalue weighted by molar-refractivity contribution is 5.82. The lowest BCUT2D eigenvalue weighted by Crippen LogP contribution is -2.61. The summed E-state index contributed by atoms with van der Waals surface area (Å²) in [5.41, 5.74) is -0.239. The van der Waals surface area contributed by atoms with Gasteiger partial charge in [0.25, 0.3) is 0 Å². The Balaban J connectivity index is 1.55. The first-order chi connectivity index (χ1) is 13.7. The van der Waals surface area contributed by atoms with Gasteiger partial charge in [-0.15, -0.1) is 0 Å². The minimum Gasteiger partial charge on any atom is -0.487 e. The van der Waals surface area contributed by atoms with Crippen LogP contribution in [0.15, 0.2) is 33.5 Å². The van der Waals surface area contributed by atoms with Crippen LogP contribution in [0, 0.1) is 0 Å². The predicted molar refractivity (Wildman–Crippen MR) is 99.5 cm³/mol. The highest BCUT2D eigenvalue weighted by Crippen LogP contribution is 2.39. The Morgan fingerprint density at radius 1 is 1.10 bits per heavy atom. The molecule has 0 bridgehead atoms. The number of hydrogen-bond donors (Lipinski definition) is 4. The van der Waals surface area contributed by atoms with E-state index in [1.54, 1.807) is 32.0 Å². The number of rotatable bonds is 4. The molecule has 1 fully saturated rings. The van der Waals surface area contributed by atoms with Gasteiger partial charge in [0.15, 0.2) is 6.29 Å². The molecule has 2 aliphatic heterocycles. The summed E-state index contributed by atoms with van der Waals surface area (Å²) in [4.78, 5) is 11.6. The summed E-state index contributed by atoms with van der Waals surface area (Å²) in [6, 6.07) is 6.63. The second kappa shape index (κ2) is 7.35. The van der Waals surface area contributed by atoms with Crippen LogP contribution in [0.3, 0.4) is 0 Å². The molecule has 0 unspecified atom stereocenters. The lowest BCUT2D eigenvalue weighted by Gasteiger charge is -2.43. The number of aliphatic hydroxyl groups is 4. The SMILES string of the molecule is CC(C)(O[C@H]1O[C@H](CO)[C@@H](O)[C@H](O)[C@H]1O)[C@@H]1Cc2c(ccc3ccc(=O)oc23)O1. The Labute approximate surface area is 166 Å². The van der Waals surface area contributed by atoms with Crippen LogP contribution in [0.25, 0.3) is 11.0 Å². The van der Waals surface area contributed by atoms with Gasteiger partial charge in [0, 0.05) is 23.4 Å². The zero-order valence-electron chi connectivity index (χ0n) is 16.0. The third-order valence-corrected chi connectivity index (χ3v) is 5.55. The molecule has 1 saturated heterocycles. The normalized spacial score (nSPS) is 32.2. The summed E-state index contributed by atoms with van der Waals surface area (Å²) in [6.07, 6.45) is -6.93. The lowest BCUT2D eigenvalue weighted by atomic mass is 9.95. The largest absolute Gasteiger partial charge is 0.487 e. The Kier molecular flexibility index (Phi) is 5.14. The van der Waals surface area contributed by atoms with Gasteiger partial charge in [0.2, 0.25) is 0 Å². The van der Waals surface area contributed by atoms with E-state index in [9.17, 15) is 25.2 Å². The van der Waals surface area contributed by atoms with Gasteiger partial charge in [-0.2, -0.15) is 0 Å². The number of aliphatic hydroxyl groups excluding tert-OH is 4. The fraction of sp³-hybridized carbons (Fsp3) is 0.550. The molecule has 6 atom stereocenters. The zero-order valence-corrected chi connectivity index (χ0v) is 16.0. The molecule has 29 heavy (non-hydrogen) atoms. The Morgan fingerprint density at radius 3 is 2.55 bits per heavy atom. The number of ether oxygens (including phenoxy) is 3. The van der Waals surface area contributed by atoms with E-state index in [-0.39, 0.29) is 0 Å². The van der Waals surface area contributed by atoms with Crippen LogP contribution < -0.4 is 10.4 Å². The summed E-state index contributed by atoms with van der Waals surface area (Å²) in [5, 5.41) is 40.2. The van der Waals surface area contributed by atoms with E-state index in [1.807, 2.05) is 0 Å². The van der Waals surface area contributed by atoms with E-state index in [4.69, 9.17) is 18.6 Å². The van der Waals surface area contributed by atoms with E-state index in [0.717, 1.165) is 10.9 Å². The third kappa shape index (κ3) is 3.54. The van der Waals surface area contributed by atoms with Crippen LogP contribution in [0.1, 0.15) is 19.4 Å². The van der Waals surface area contributed by atoms with Gasteiger partial charge in [0.1, 0.15) is 47.5 Å². The van der Waals surface area contributed by atoms with Crippen molar-refractivity contribution in [1.29, 1.82) is 0 Å². The third-order valence-electron chi connectivity index (χ3n) is 5.55. The molecule has 158 valence electrons. The molecule has 0 saturated carbocycles. The van der Waals surface area contributed by atoms with Gasteiger partial charge in [0.05, 0.1) is 6.61 Å². The van der Waals surface area contributed by atoms with Crippen LogP contribution in [0.5, 0.6) is 5.75 Å². The molecule has 3 heterocycles. The molecular formula is C20H24O9. The fourth-order valence-corrected chi connectivity index (χ4v) is 3.78. The summed E-state index contributed by atoms with van der Waals surface area (Å²) in [5.74, 6) is 0.572. The van der Waals surface area contributed by atoms with Crippen molar-refractivity contribution in [3.63, 3.8) is 0 Å². The average molecular weight is 408 g/mol. The molecule has 2 aromatic rings. The Morgan fingerprint density at radius 2 is 1.83 bits per heavy atom. The molecule has 1 aromatic carbocycles. The average Bonchev–Trinajstić information content (AvgIpc) is 3.14. The highest BCUT2D eigenvalue weighted by Gasteiger charge is 2.48. The van der Waals surface area contributed by atoms with Crippen molar-refractivity contribution in [3.05, 3.63) is 40.2 Å². The molecule has 2 aliphatic rings. The minimum atomic E-state index is -1.53. The molecule has 1 aromatic heterocycles. The van der Waals surface area contributed by atoms with Gasteiger partial charge in [-0.05, 0) is 32.0 Å². The first-order valence-electron chi connectivity index (χ1n) is 9.42. The van der Waals surface area contributed by atoms with Gasteiger partial charge < -0.3 is 39.1 Å². The molecule has 0 amide bonds. The Bertz CT molecular complexity index is 951. The molecule has 4 rings (SSSR count). The first kappa shape index (κ1) is 20.3. The smallest absolute Gasteiger partial charge is 0.336 e. The topological polar surface area (TPSA) is 139 Å². The highest BCUT2D eigenvalue weighted by atomic mass is 16.7. The van der Waals surface area contributed by atoms with E-state index in [2.05, 4.69) is 0 Å². The van der Waals surface area contributed by atoms with E-state index >= 15 is 0 Å². The summed E-state index contributed by atoms with van der Waals surface area (Å²) in [6.45, 7) is 2.94. The summed E-state index contributed by atoms with van der Waals surface area (Å²) >= 11 is 0. The monoisotopic (exact) mass is 408 g/mol. The zero-order chi connectivity index (χ0) is 20.9.